The highest BCUT2D eigenvalue weighted by molar-refractivity contribution is 9.11. The summed E-state index contributed by atoms with van der Waals surface area (Å²) in [5.74, 6) is 0.525. The van der Waals surface area contributed by atoms with E-state index in [4.69, 9.17) is 27.9 Å². The molecule has 1 N–H and O–H groups in total. The highest BCUT2D eigenvalue weighted by Crippen LogP contribution is 2.38. The number of rotatable bonds is 4. The van der Waals surface area contributed by atoms with E-state index in [1.165, 1.54) is 11.3 Å². The Labute approximate surface area is 134 Å². The van der Waals surface area contributed by atoms with E-state index >= 15 is 0 Å². The van der Waals surface area contributed by atoms with Crippen molar-refractivity contribution in [2.45, 2.75) is 13.0 Å². The van der Waals surface area contributed by atoms with Crippen molar-refractivity contribution in [1.82, 2.24) is 0 Å². The fraction of sp³-hybridized carbons (Fsp3) is 0.231. The topological polar surface area (TPSA) is 29.5 Å². The van der Waals surface area contributed by atoms with Crippen LogP contribution in [-0.2, 0) is 0 Å². The molecule has 1 aromatic carbocycles. The Hall–Kier alpha value is -0.260. The van der Waals surface area contributed by atoms with Gasteiger partial charge in [0.15, 0.2) is 0 Å². The fourth-order valence-electron chi connectivity index (χ4n) is 1.65. The minimum Gasteiger partial charge on any atom is -0.492 e. The first-order valence-corrected chi connectivity index (χ1v) is 7.94. The summed E-state index contributed by atoms with van der Waals surface area (Å²) in [7, 11) is 0. The maximum atomic E-state index is 10.3. The lowest BCUT2D eigenvalue weighted by atomic mass is 10.1. The third-order valence-electron chi connectivity index (χ3n) is 2.51. The summed E-state index contributed by atoms with van der Waals surface area (Å²) >= 11 is 17.1. The summed E-state index contributed by atoms with van der Waals surface area (Å²) in [6.07, 6.45) is -0.794. The van der Waals surface area contributed by atoms with Crippen LogP contribution in [-0.4, -0.2) is 11.7 Å². The normalized spacial score (nSPS) is 12.5. The highest BCUT2D eigenvalue weighted by atomic mass is 79.9. The average molecular weight is 382 g/mol. The zero-order valence-electron chi connectivity index (χ0n) is 9.99. The van der Waals surface area contributed by atoms with Crippen molar-refractivity contribution in [3.05, 3.63) is 48.5 Å². The molecule has 1 heterocycles. The summed E-state index contributed by atoms with van der Waals surface area (Å²) < 4.78 is 6.31. The third-order valence-corrected chi connectivity index (χ3v) is 4.81. The molecule has 1 unspecified atom stereocenters. The molecule has 0 radical (unpaired) electrons. The minimum atomic E-state index is -0.794. The number of benzene rings is 1. The molecule has 0 bridgehead atoms. The highest BCUT2D eigenvalue weighted by Gasteiger charge is 2.18. The molecule has 0 spiro atoms. The SMILES string of the molecule is CCOc1cc(Cl)c(C(O)c2ccc(Br)s2)cc1Cl. The second kappa shape index (κ2) is 6.46. The molecule has 0 saturated carbocycles. The van der Waals surface area contributed by atoms with Gasteiger partial charge in [-0.15, -0.1) is 11.3 Å². The van der Waals surface area contributed by atoms with Gasteiger partial charge in [0.05, 0.1) is 20.4 Å². The van der Waals surface area contributed by atoms with Crippen molar-refractivity contribution < 1.29 is 9.84 Å². The van der Waals surface area contributed by atoms with E-state index in [1.54, 1.807) is 12.1 Å². The number of thiophene rings is 1. The fourth-order valence-corrected chi connectivity index (χ4v) is 3.56. The lowest BCUT2D eigenvalue weighted by Gasteiger charge is -2.14. The number of hydrogen-bond donors (Lipinski definition) is 1. The monoisotopic (exact) mass is 380 g/mol. The van der Waals surface area contributed by atoms with E-state index in [-0.39, 0.29) is 0 Å². The average Bonchev–Trinajstić information content (AvgIpc) is 2.79. The van der Waals surface area contributed by atoms with Gasteiger partial charge in [-0.05, 0) is 41.1 Å². The second-order valence-corrected chi connectivity index (χ2v) is 7.09. The number of hydrogen-bond acceptors (Lipinski definition) is 3. The molecule has 0 fully saturated rings. The summed E-state index contributed by atoms with van der Waals surface area (Å²) in [6.45, 7) is 2.38. The maximum Gasteiger partial charge on any atom is 0.139 e. The molecule has 19 heavy (non-hydrogen) atoms. The minimum absolute atomic E-state index is 0.435. The van der Waals surface area contributed by atoms with Crippen molar-refractivity contribution >= 4 is 50.5 Å². The molecule has 0 aliphatic carbocycles. The van der Waals surface area contributed by atoms with Gasteiger partial charge in [-0.2, -0.15) is 0 Å². The van der Waals surface area contributed by atoms with E-state index in [1.807, 2.05) is 19.1 Å². The van der Waals surface area contributed by atoms with E-state index in [0.29, 0.717) is 28.0 Å². The van der Waals surface area contributed by atoms with Crippen molar-refractivity contribution in [3.63, 3.8) is 0 Å². The van der Waals surface area contributed by atoms with Gasteiger partial charge in [0.2, 0.25) is 0 Å². The molecular formula is C13H11BrCl2O2S. The maximum absolute atomic E-state index is 10.3. The van der Waals surface area contributed by atoms with Crippen LogP contribution in [0.3, 0.4) is 0 Å². The van der Waals surface area contributed by atoms with Gasteiger partial charge in [0, 0.05) is 16.5 Å². The van der Waals surface area contributed by atoms with Crippen molar-refractivity contribution in [2.75, 3.05) is 6.61 Å². The van der Waals surface area contributed by atoms with Crippen LogP contribution in [0.5, 0.6) is 5.75 Å². The smallest absolute Gasteiger partial charge is 0.139 e. The van der Waals surface area contributed by atoms with Crippen LogP contribution in [0.1, 0.15) is 23.5 Å². The lowest BCUT2D eigenvalue weighted by Crippen LogP contribution is -2.00. The molecule has 6 heteroatoms. The van der Waals surface area contributed by atoms with Crippen LogP contribution >= 0.6 is 50.5 Å². The molecule has 102 valence electrons. The molecular weight excluding hydrogens is 371 g/mol. The standard InChI is InChI=1S/C13H11BrCl2O2S/c1-2-18-10-6-8(15)7(5-9(10)16)13(17)11-3-4-12(14)19-11/h3-6,13,17H,2H2,1H3. The summed E-state index contributed by atoms with van der Waals surface area (Å²) in [6, 6.07) is 7.01. The molecule has 2 rings (SSSR count). The van der Waals surface area contributed by atoms with Gasteiger partial charge in [0.1, 0.15) is 11.9 Å². The molecule has 0 aliphatic rings. The molecule has 1 aromatic heterocycles. The Balaban J connectivity index is 2.37. The van der Waals surface area contributed by atoms with Gasteiger partial charge in [0.25, 0.3) is 0 Å². The van der Waals surface area contributed by atoms with E-state index in [0.717, 1.165) is 8.66 Å². The van der Waals surface area contributed by atoms with Crippen LogP contribution in [0.15, 0.2) is 28.1 Å². The van der Waals surface area contributed by atoms with E-state index in [2.05, 4.69) is 15.9 Å². The first kappa shape index (κ1) is 15.1. The predicted molar refractivity (Wildman–Crippen MR) is 83.7 cm³/mol. The van der Waals surface area contributed by atoms with Crippen LogP contribution < -0.4 is 4.74 Å². The summed E-state index contributed by atoms with van der Waals surface area (Å²) in [5, 5.41) is 11.2. The van der Waals surface area contributed by atoms with Crippen molar-refractivity contribution in [1.29, 1.82) is 0 Å². The largest absolute Gasteiger partial charge is 0.492 e. The van der Waals surface area contributed by atoms with Gasteiger partial charge >= 0.3 is 0 Å². The van der Waals surface area contributed by atoms with Crippen molar-refractivity contribution in [2.24, 2.45) is 0 Å². The Morgan fingerprint density at radius 3 is 2.63 bits per heavy atom. The first-order valence-electron chi connectivity index (χ1n) is 5.58. The van der Waals surface area contributed by atoms with E-state index < -0.39 is 6.10 Å². The van der Waals surface area contributed by atoms with Crippen molar-refractivity contribution in [3.8, 4) is 5.75 Å². The van der Waals surface area contributed by atoms with Gasteiger partial charge in [-0.25, -0.2) is 0 Å². The number of ether oxygens (including phenoxy) is 1. The molecule has 2 aromatic rings. The predicted octanol–water partition coefficient (Wildman–Crippen LogP) is 5.30. The number of aliphatic hydroxyl groups excluding tert-OH is 1. The summed E-state index contributed by atoms with van der Waals surface area (Å²) in [4.78, 5) is 0.800. The Morgan fingerprint density at radius 1 is 1.32 bits per heavy atom. The number of aliphatic hydroxyl groups is 1. The lowest BCUT2D eigenvalue weighted by molar-refractivity contribution is 0.224. The third kappa shape index (κ3) is 3.44. The molecule has 0 amide bonds. The van der Waals surface area contributed by atoms with E-state index in [9.17, 15) is 5.11 Å². The zero-order chi connectivity index (χ0) is 14.0. The molecule has 2 nitrogen and oxygen atoms in total. The molecule has 1 atom stereocenters. The Kier molecular flexibility index (Phi) is 5.15. The van der Waals surface area contributed by atoms with Crippen LogP contribution in [0.25, 0.3) is 0 Å². The van der Waals surface area contributed by atoms with Gasteiger partial charge in [-0.1, -0.05) is 23.2 Å². The van der Waals surface area contributed by atoms with Crippen LogP contribution in [0.2, 0.25) is 10.0 Å². The van der Waals surface area contributed by atoms with Gasteiger partial charge < -0.3 is 9.84 Å². The molecule has 0 aliphatic heterocycles. The quantitative estimate of drug-likeness (QED) is 0.778. The van der Waals surface area contributed by atoms with Crippen LogP contribution in [0.4, 0.5) is 0 Å². The zero-order valence-corrected chi connectivity index (χ0v) is 13.9. The summed E-state index contributed by atoms with van der Waals surface area (Å²) in [5.41, 5.74) is 0.574. The van der Waals surface area contributed by atoms with Crippen LogP contribution in [0, 0.1) is 0 Å². The molecule has 0 saturated heterocycles. The first-order chi connectivity index (χ1) is 9.02. The Morgan fingerprint density at radius 2 is 2.05 bits per heavy atom. The second-order valence-electron chi connectivity index (χ2n) is 3.78. The Bertz CT molecular complexity index is 586. The number of halogens is 3. The van der Waals surface area contributed by atoms with Gasteiger partial charge in [-0.3, -0.25) is 0 Å².